The van der Waals surface area contributed by atoms with Gasteiger partial charge in [-0.2, -0.15) is 11.8 Å². The molecular weight excluding hydrogens is 154 g/mol. The fourth-order valence-corrected chi connectivity index (χ4v) is 2.86. The largest absolute Gasteiger partial charge is 0.316 e. The molecule has 0 bridgehead atoms. The quantitative estimate of drug-likeness (QED) is 0.679. The van der Waals surface area contributed by atoms with Gasteiger partial charge in [0.05, 0.1) is 0 Å². The van der Waals surface area contributed by atoms with E-state index in [0.29, 0.717) is 0 Å². The fourth-order valence-electron chi connectivity index (χ4n) is 2.02. The Bertz CT molecular complexity index is 117. The normalized spacial score (nSPS) is 33.3. The minimum atomic E-state index is 1.01. The first-order valence-corrected chi connectivity index (χ1v) is 5.89. The SMILES string of the molecule is C1CNCC(CC2CSC2)C1. The molecule has 2 aliphatic heterocycles. The molecule has 2 heterocycles. The monoisotopic (exact) mass is 171 g/mol. The minimum Gasteiger partial charge on any atom is -0.316 e. The van der Waals surface area contributed by atoms with E-state index in [9.17, 15) is 0 Å². The summed E-state index contributed by atoms with van der Waals surface area (Å²) in [5, 5.41) is 3.48. The molecule has 2 fully saturated rings. The Kier molecular flexibility index (Phi) is 2.75. The van der Waals surface area contributed by atoms with Crippen molar-refractivity contribution in [2.75, 3.05) is 24.6 Å². The zero-order chi connectivity index (χ0) is 7.52. The van der Waals surface area contributed by atoms with Crippen LogP contribution in [-0.2, 0) is 0 Å². The fraction of sp³-hybridized carbons (Fsp3) is 1.00. The molecule has 0 aromatic carbocycles. The van der Waals surface area contributed by atoms with Crippen molar-refractivity contribution in [2.45, 2.75) is 19.3 Å². The van der Waals surface area contributed by atoms with E-state index in [0.717, 1.165) is 11.8 Å². The van der Waals surface area contributed by atoms with Gasteiger partial charge in [0.1, 0.15) is 0 Å². The number of rotatable bonds is 2. The van der Waals surface area contributed by atoms with Crippen molar-refractivity contribution in [3.05, 3.63) is 0 Å². The average Bonchev–Trinajstić information content (AvgIpc) is 1.99. The summed E-state index contributed by atoms with van der Waals surface area (Å²) >= 11 is 2.11. The maximum Gasteiger partial charge on any atom is -0.00204 e. The van der Waals surface area contributed by atoms with Crippen molar-refractivity contribution in [1.29, 1.82) is 0 Å². The molecule has 0 amide bonds. The second-order valence-electron chi connectivity index (χ2n) is 3.85. The molecule has 2 saturated heterocycles. The number of thioether (sulfide) groups is 1. The van der Waals surface area contributed by atoms with Gasteiger partial charge in [-0.3, -0.25) is 0 Å². The lowest BCUT2D eigenvalue weighted by molar-refractivity contribution is 0.321. The Morgan fingerprint density at radius 1 is 1.27 bits per heavy atom. The second-order valence-corrected chi connectivity index (χ2v) is 4.93. The molecular formula is C9H17NS. The number of hydrogen-bond acceptors (Lipinski definition) is 2. The average molecular weight is 171 g/mol. The van der Waals surface area contributed by atoms with Gasteiger partial charge in [0, 0.05) is 0 Å². The third-order valence-corrected chi connectivity index (χ3v) is 4.19. The molecule has 64 valence electrons. The standard InChI is InChI=1S/C9H17NS/c1-2-8(5-10-3-1)4-9-6-11-7-9/h8-10H,1-7H2. The lowest BCUT2D eigenvalue weighted by atomic mass is 9.90. The van der Waals surface area contributed by atoms with Gasteiger partial charge in [-0.25, -0.2) is 0 Å². The molecule has 2 aliphatic rings. The summed E-state index contributed by atoms with van der Waals surface area (Å²) in [5.74, 6) is 4.96. The van der Waals surface area contributed by atoms with Gasteiger partial charge >= 0.3 is 0 Å². The van der Waals surface area contributed by atoms with Crippen LogP contribution in [0.2, 0.25) is 0 Å². The number of hydrogen-bond donors (Lipinski definition) is 1. The second kappa shape index (κ2) is 3.81. The Morgan fingerprint density at radius 2 is 2.18 bits per heavy atom. The van der Waals surface area contributed by atoms with Gasteiger partial charge in [-0.1, -0.05) is 0 Å². The van der Waals surface area contributed by atoms with Crippen LogP contribution in [0.1, 0.15) is 19.3 Å². The highest BCUT2D eigenvalue weighted by Crippen LogP contribution is 2.31. The molecule has 1 nitrogen and oxygen atoms in total. The Hall–Kier alpha value is 0.310. The van der Waals surface area contributed by atoms with Crippen LogP contribution in [0.5, 0.6) is 0 Å². The Balaban J connectivity index is 1.67. The Morgan fingerprint density at radius 3 is 2.73 bits per heavy atom. The van der Waals surface area contributed by atoms with E-state index < -0.39 is 0 Å². The van der Waals surface area contributed by atoms with Gasteiger partial charge in [-0.05, 0) is 55.7 Å². The molecule has 1 unspecified atom stereocenters. The van der Waals surface area contributed by atoms with E-state index in [-0.39, 0.29) is 0 Å². The van der Waals surface area contributed by atoms with Gasteiger partial charge in [0.2, 0.25) is 0 Å². The molecule has 0 spiro atoms. The molecule has 0 aromatic heterocycles. The summed E-state index contributed by atoms with van der Waals surface area (Å²) in [6, 6.07) is 0. The van der Waals surface area contributed by atoms with Crippen molar-refractivity contribution in [3.63, 3.8) is 0 Å². The topological polar surface area (TPSA) is 12.0 Å². The van der Waals surface area contributed by atoms with Gasteiger partial charge < -0.3 is 5.32 Å². The summed E-state index contributed by atoms with van der Waals surface area (Å²) in [7, 11) is 0. The van der Waals surface area contributed by atoms with E-state index in [4.69, 9.17) is 0 Å². The maximum atomic E-state index is 3.48. The number of nitrogens with one attached hydrogen (secondary N) is 1. The smallest absolute Gasteiger partial charge is 0.00204 e. The molecule has 0 aromatic rings. The van der Waals surface area contributed by atoms with E-state index in [1.165, 1.54) is 43.9 Å². The van der Waals surface area contributed by atoms with Crippen LogP contribution < -0.4 is 5.32 Å². The van der Waals surface area contributed by atoms with Crippen molar-refractivity contribution >= 4 is 11.8 Å². The predicted molar refractivity (Wildman–Crippen MR) is 51.0 cm³/mol. The molecule has 0 radical (unpaired) electrons. The zero-order valence-corrected chi connectivity index (χ0v) is 7.83. The van der Waals surface area contributed by atoms with Crippen LogP contribution in [0, 0.1) is 11.8 Å². The van der Waals surface area contributed by atoms with E-state index in [1.54, 1.807) is 0 Å². The molecule has 2 heteroatoms. The lowest BCUT2D eigenvalue weighted by Gasteiger charge is -2.31. The molecule has 2 rings (SSSR count). The molecule has 11 heavy (non-hydrogen) atoms. The third kappa shape index (κ3) is 2.12. The first-order chi connectivity index (χ1) is 5.45. The highest BCUT2D eigenvalue weighted by atomic mass is 32.2. The summed E-state index contributed by atoms with van der Waals surface area (Å²) in [5.41, 5.74) is 0. The molecule has 0 aliphatic carbocycles. The number of piperidine rings is 1. The first kappa shape index (κ1) is 7.93. The lowest BCUT2D eigenvalue weighted by Crippen LogP contribution is -2.33. The van der Waals surface area contributed by atoms with Gasteiger partial charge in [-0.15, -0.1) is 0 Å². The van der Waals surface area contributed by atoms with Crippen molar-refractivity contribution < 1.29 is 0 Å². The van der Waals surface area contributed by atoms with E-state index in [1.807, 2.05) is 0 Å². The van der Waals surface area contributed by atoms with Crippen LogP contribution in [0.4, 0.5) is 0 Å². The summed E-state index contributed by atoms with van der Waals surface area (Å²) in [6.07, 6.45) is 4.39. The van der Waals surface area contributed by atoms with Crippen molar-refractivity contribution in [3.8, 4) is 0 Å². The third-order valence-electron chi connectivity index (χ3n) is 2.77. The van der Waals surface area contributed by atoms with Crippen LogP contribution >= 0.6 is 11.8 Å². The van der Waals surface area contributed by atoms with Crippen molar-refractivity contribution in [1.82, 2.24) is 5.32 Å². The summed E-state index contributed by atoms with van der Waals surface area (Å²) in [4.78, 5) is 0. The highest BCUT2D eigenvalue weighted by Gasteiger charge is 2.23. The summed E-state index contributed by atoms with van der Waals surface area (Å²) in [6.45, 7) is 2.55. The van der Waals surface area contributed by atoms with Crippen LogP contribution in [0.3, 0.4) is 0 Å². The van der Waals surface area contributed by atoms with Crippen LogP contribution in [-0.4, -0.2) is 24.6 Å². The van der Waals surface area contributed by atoms with Gasteiger partial charge in [0.25, 0.3) is 0 Å². The first-order valence-electron chi connectivity index (χ1n) is 4.73. The predicted octanol–water partition coefficient (Wildman–Crippen LogP) is 1.74. The van der Waals surface area contributed by atoms with Crippen LogP contribution in [0.15, 0.2) is 0 Å². The molecule has 1 atom stereocenters. The molecule has 1 N–H and O–H groups in total. The summed E-state index contributed by atoms with van der Waals surface area (Å²) < 4.78 is 0. The van der Waals surface area contributed by atoms with Gasteiger partial charge in [0.15, 0.2) is 0 Å². The van der Waals surface area contributed by atoms with E-state index >= 15 is 0 Å². The maximum absolute atomic E-state index is 3.48. The minimum absolute atomic E-state index is 1.01. The highest BCUT2D eigenvalue weighted by molar-refractivity contribution is 8.00. The zero-order valence-electron chi connectivity index (χ0n) is 7.01. The van der Waals surface area contributed by atoms with Crippen molar-refractivity contribution in [2.24, 2.45) is 11.8 Å². The Labute approximate surface area is 73.3 Å². The molecule has 0 saturated carbocycles. The van der Waals surface area contributed by atoms with E-state index in [2.05, 4.69) is 17.1 Å². The van der Waals surface area contributed by atoms with Crippen LogP contribution in [0.25, 0.3) is 0 Å².